The standard InChI is InChI=1S/C14H14FSi/c15-16(11-13-7-3-1-4-8-13)12-14-9-5-2-6-10-14/h1-10H,11-12H2. The van der Waals surface area contributed by atoms with Crippen molar-refractivity contribution in [2.24, 2.45) is 0 Å². The lowest BCUT2D eigenvalue weighted by Gasteiger charge is -2.05. The van der Waals surface area contributed by atoms with E-state index in [1.165, 1.54) is 0 Å². The molecule has 2 rings (SSSR count). The van der Waals surface area contributed by atoms with E-state index in [0.29, 0.717) is 12.1 Å². The molecule has 2 aromatic carbocycles. The monoisotopic (exact) mass is 229 g/mol. The van der Waals surface area contributed by atoms with Gasteiger partial charge in [0.05, 0.1) is 0 Å². The van der Waals surface area contributed by atoms with Crippen molar-refractivity contribution in [1.29, 1.82) is 0 Å². The summed E-state index contributed by atoms with van der Waals surface area (Å²) in [6, 6.07) is 21.0. The molecule has 0 aliphatic rings. The van der Waals surface area contributed by atoms with Crippen LogP contribution in [-0.4, -0.2) is 9.13 Å². The van der Waals surface area contributed by atoms with Crippen molar-refractivity contribution in [3.8, 4) is 0 Å². The van der Waals surface area contributed by atoms with Gasteiger partial charge in [0.1, 0.15) is 0 Å². The van der Waals surface area contributed by atoms with Crippen LogP contribution in [0.25, 0.3) is 0 Å². The lowest BCUT2D eigenvalue weighted by atomic mass is 10.2. The molecule has 2 aromatic rings. The molecule has 0 saturated carbocycles. The van der Waals surface area contributed by atoms with E-state index in [4.69, 9.17) is 0 Å². The fourth-order valence-electron chi connectivity index (χ4n) is 1.70. The van der Waals surface area contributed by atoms with Crippen LogP contribution in [0.5, 0.6) is 0 Å². The lowest BCUT2D eigenvalue weighted by Crippen LogP contribution is -2.14. The maximum absolute atomic E-state index is 13.9. The van der Waals surface area contributed by atoms with E-state index >= 15 is 0 Å². The third-order valence-electron chi connectivity index (χ3n) is 2.48. The van der Waals surface area contributed by atoms with E-state index in [1.807, 2.05) is 60.7 Å². The summed E-state index contributed by atoms with van der Waals surface area (Å²) >= 11 is 0. The predicted molar refractivity (Wildman–Crippen MR) is 67.2 cm³/mol. The second-order valence-corrected chi connectivity index (χ2v) is 5.58. The molecule has 0 bridgehead atoms. The van der Waals surface area contributed by atoms with E-state index in [0.717, 1.165) is 11.1 Å². The number of rotatable bonds is 4. The predicted octanol–water partition coefficient (Wildman–Crippen LogP) is 3.51. The van der Waals surface area contributed by atoms with Crippen LogP contribution in [0, 0.1) is 0 Å². The molecule has 0 nitrogen and oxygen atoms in total. The fourth-order valence-corrected chi connectivity index (χ4v) is 3.18. The van der Waals surface area contributed by atoms with Gasteiger partial charge in [-0.1, -0.05) is 60.7 Å². The van der Waals surface area contributed by atoms with Gasteiger partial charge in [-0.05, 0) is 23.2 Å². The van der Waals surface area contributed by atoms with Gasteiger partial charge in [-0.3, -0.25) is 0 Å². The third-order valence-corrected chi connectivity index (χ3v) is 4.06. The number of halogens is 1. The Morgan fingerprint density at radius 3 is 1.44 bits per heavy atom. The summed E-state index contributed by atoms with van der Waals surface area (Å²) in [5.41, 5.74) is 2.21. The third kappa shape index (κ3) is 3.31. The van der Waals surface area contributed by atoms with Crippen LogP contribution in [-0.2, 0) is 12.1 Å². The van der Waals surface area contributed by atoms with E-state index in [2.05, 4.69) is 0 Å². The van der Waals surface area contributed by atoms with Crippen LogP contribution in [0.3, 0.4) is 0 Å². The molecule has 0 aromatic heterocycles. The molecule has 1 radical (unpaired) electrons. The van der Waals surface area contributed by atoms with Gasteiger partial charge in [0.25, 0.3) is 9.13 Å². The number of hydrogen-bond donors (Lipinski definition) is 0. The topological polar surface area (TPSA) is 0 Å². The second-order valence-electron chi connectivity index (χ2n) is 3.84. The lowest BCUT2D eigenvalue weighted by molar-refractivity contribution is 0.805. The minimum Gasteiger partial charge on any atom is -0.314 e. The highest BCUT2D eigenvalue weighted by Crippen LogP contribution is 2.08. The van der Waals surface area contributed by atoms with Gasteiger partial charge in [0.15, 0.2) is 0 Å². The minimum atomic E-state index is -1.79. The largest absolute Gasteiger partial charge is 0.314 e. The Morgan fingerprint density at radius 2 is 1.06 bits per heavy atom. The van der Waals surface area contributed by atoms with Crippen LogP contribution in [0.4, 0.5) is 4.11 Å². The van der Waals surface area contributed by atoms with Crippen LogP contribution >= 0.6 is 0 Å². The Kier molecular flexibility index (Phi) is 3.89. The van der Waals surface area contributed by atoms with Gasteiger partial charge in [0, 0.05) is 0 Å². The molecule has 2 heteroatoms. The van der Waals surface area contributed by atoms with E-state index in [-0.39, 0.29) is 0 Å². The highest BCUT2D eigenvalue weighted by molar-refractivity contribution is 6.50. The quantitative estimate of drug-likeness (QED) is 0.556. The average Bonchev–Trinajstić information content (AvgIpc) is 2.31. The van der Waals surface area contributed by atoms with Gasteiger partial charge in [0.2, 0.25) is 0 Å². The maximum Gasteiger partial charge on any atom is 0.280 e. The van der Waals surface area contributed by atoms with Crippen molar-refractivity contribution in [2.45, 2.75) is 12.1 Å². The molecule has 0 heterocycles. The minimum absolute atomic E-state index is 0.598. The van der Waals surface area contributed by atoms with E-state index in [1.54, 1.807) is 0 Å². The number of hydrogen-bond acceptors (Lipinski definition) is 0. The summed E-state index contributed by atoms with van der Waals surface area (Å²) in [6.07, 6.45) is 0. The molecule has 0 amide bonds. The van der Waals surface area contributed by atoms with Gasteiger partial charge >= 0.3 is 0 Å². The Labute approximate surface area is 97.5 Å². The van der Waals surface area contributed by atoms with Gasteiger partial charge in [-0.15, -0.1) is 0 Å². The van der Waals surface area contributed by atoms with Crippen molar-refractivity contribution in [1.82, 2.24) is 0 Å². The highest BCUT2D eigenvalue weighted by atomic mass is 28.3. The summed E-state index contributed by atoms with van der Waals surface area (Å²) in [4.78, 5) is 0. The zero-order valence-electron chi connectivity index (χ0n) is 9.07. The fraction of sp³-hybridized carbons (Fsp3) is 0.143. The first kappa shape index (κ1) is 11.1. The first-order valence-electron chi connectivity index (χ1n) is 5.42. The summed E-state index contributed by atoms with van der Waals surface area (Å²) in [6.45, 7) is 0. The Balaban J connectivity index is 1.92. The molecule has 0 saturated heterocycles. The molecular weight excluding hydrogens is 215 g/mol. The first-order valence-corrected chi connectivity index (χ1v) is 7.22. The van der Waals surface area contributed by atoms with Gasteiger partial charge in [-0.2, -0.15) is 0 Å². The molecule has 0 unspecified atom stereocenters. The summed E-state index contributed by atoms with van der Waals surface area (Å²) in [5, 5.41) is 0. The van der Waals surface area contributed by atoms with Crippen molar-refractivity contribution in [3.63, 3.8) is 0 Å². The smallest absolute Gasteiger partial charge is 0.280 e. The van der Waals surface area contributed by atoms with Crippen LogP contribution < -0.4 is 0 Å². The molecule has 0 N–H and O–H groups in total. The molecule has 0 spiro atoms. The zero-order chi connectivity index (χ0) is 11.2. The molecule has 0 aliphatic carbocycles. The van der Waals surface area contributed by atoms with E-state index in [9.17, 15) is 4.11 Å². The Bertz CT molecular complexity index is 372. The molecule has 16 heavy (non-hydrogen) atoms. The van der Waals surface area contributed by atoms with E-state index < -0.39 is 9.13 Å². The molecule has 0 atom stereocenters. The molecule has 81 valence electrons. The van der Waals surface area contributed by atoms with Crippen molar-refractivity contribution < 1.29 is 4.11 Å². The SMILES string of the molecule is F[Si](Cc1ccccc1)Cc1ccccc1. The Morgan fingerprint density at radius 1 is 0.688 bits per heavy atom. The number of benzene rings is 2. The molecule has 0 fully saturated rings. The van der Waals surface area contributed by atoms with Crippen molar-refractivity contribution in [3.05, 3.63) is 71.8 Å². The normalized spacial score (nSPS) is 10.6. The summed E-state index contributed by atoms with van der Waals surface area (Å²) in [7, 11) is -1.79. The van der Waals surface area contributed by atoms with Crippen molar-refractivity contribution >= 4 is 9.13 Å². The maximum atomic E-state index is 13.9. The zero-order valence-corrected chi connectivity index (χ0v) is 10.1. The van der Waals surface area contributed by atoms with Crippen LogP contribution in [0.2, 0.25) is 0 Å². The molecule has 0 aliphatic heterocycles. The highest BCUT2D eigenvalue weighted by Gasteiger charge is 2.12. The Hall–Kier alpha value is -1.41. The molecular formula is C14H14FSi. The second kappa shape index (κ2) is 5.61. The summed E-state index contributed by atoms with van der Waals surface area (Å²) < 4.78 is 13.9. The average molecular weight is 229 g/mol. The van der Waals surface area contributed by atoms with Crippen LogP contribution in [0.15, 0.2) is 60.7 Å². The summed E-state index contributed by atoms with van der Waals surface area (Å²) in [5.74, 6) is 0. The van der Waals surface area contributed by atoms with Crippen molar-refractivity contribution in [2.75, 3.05) is 0 Å². The van der Waals surface area contributed by atoms with Gasteiger partial charge in [-0.25, -0.2) is 0 Å². The van der Waals surface area contributed by atoms with Gasteiger partial charge < -0.3 is 4.11 Å². The van der Waals surface area contributed by atoms with Crippen LogP contribution in [0.1, 0.15) is 11.1 Å². The first-order chi connectivity index (χ1) is 7.84.